The summed E-state index contributed by atoms with van der Waals surface area (Å²) in [6.45, 7) is 13.7. The Bertz CT molecular complexity index is 818. The molecule has 27 heavy (non-hydrogen) atoms. The Morgan fingerprint density at radius 1 is 1.26 bits per heavy atom. The summed E-state index contributed by atoms with van der Waals surface area (Å²) < 4.78 is 1.99. The highest BCUT2D eigenvalue weighted by Crippen LogP contribution is 2.31. The second-order valence-electron chi connectivity index (χ2n) is 8.82. The molecule has 0 radical (unpaired) electrons. The molecule has 3 heterocycles. The molecule has 0 aliphatic carbocycles. The van der Waals surface area contributed by atoms with Crippen LogP contribution in [0.5, 0.6) is 0 Å². The predicted molar refractivity (Wildman–Crippen MR) is 106 cm³/mol. The quantitative estimate of drug-likeness (QED) is 0.821. The van der Waals surface area contributed by atoms with Crippen LogP contribution >= 0.6 is 0 Å². The Morgan fingerprint density at radius 3 is 2.67 bits per heavy atom. The molecule has 6 nitrogen and oxygen atoms in total. The van der Waals surface area contributed by atoms with Crippen LogP contribution in [0, 0.1) is 12.3 Å². The van der Waals surface area contributed by atoms with Crippen LogP contribution in [-0.2, 0) is 4.79 Å². The van der Waals surface area contributed by atoms with Gasteiger partial charge in [-0.25, -0.2) is 9.97 Å². The summed E-state index contributed by atoms with van der Waals surface area (Å²) in [5.41, 5.74) is 2.59. The highest BCUT2D eigenvalue weighted by atomic mass is 16.2. The first-order valence-corrected chi connectivity index (χ1v) is 9.85. The van der Waals surface area contributed by atoms with Gasteiger partial charge in [-0.15, -0.1) is 0 Å². The summed E-state index contributed by atoms with van der Waals surface area (Å²) in [5.74, 6) is 1.23. The lowest BCUT2D eigenvalue weighted by molar-refractivity contribution is -0.140. The van der Waals surface area contributed by atoms with Crippen molar-refractivity contribution in [2.24, 2.45) is 5.41 Å². The molecule has 1 fully saturated rings. The predicted octanol–water partition coefficient (Wildman–Crippen LogP) is 3.98. The Labute approximate surface area is 162 Å². The second-order valence-corrected chi connectivity index (χ2v) is 8.82. The standard InChI is InChI=1S/C21H31N5O/c1-14(2)26-19(9-10-22-26)18-12-17(23-15(3)24-18)16-8-7-11-25(13-16)20(27)21(4,5)6/h9-10,12,14,16H,7-8,11,13H2,1-6H3/t16-/m0/s1. The number of rotatable bonds is 3. The zero-order valence-electron chi connectivity index (χ0n) is 17.4. The number of nitrogens with zero attached hydrogens (tertiary/aromatic N) is 5. The van der Waals surface area contributed by atoms with Gasteiger partial charge in [0, 0.05) is 42.4 Å². The Kier molecular flexibility index (Phi) is 5.36. The van der Waals surface area contributed by atoms with E-state index in [9.17, 15) is 4.79 Å². The van der Waals surface area contributed by atoms with Crippen LogP contribution in [0.1, 0.15) is 70.9 Å². The van der Waals surface area contributed by atoms with E-state index in [-0.39, 0.29) is 23.3 Å². The molecule has 0 spiro atoms. The minimum atomic E-state index is -0.349. The molecule has 0 N–H and O–H groups in total. The monoisotopic (exact) mass is 369 g/mol. The van der Waals surface area contributed by atoms with Gasteiger partial charge in [-0.2, -0.15) is 5.10 Å². The molecule has 1 saturated heterocycles. The van der Waals surface area contributed by atoms with Crippen molar-refractivity contribution in [1.82, 2.24) is 24.6 Å². The summed E-state index contributed by atoms with van der Waals surface area (Å²) in [6.07, 6.45) is 3.87. The number of piperidine rings is 1. The van der Waals surface area contributed by atoms with Gasteiger partial charge in [0.15, 0.2) is 0 Å². The van der Waals surface area contributed by atoms with E-state index < -0.39 is 0 Å². The third-order valence-corrected chi connectivity index (χ3v) is 5.05. The first-order chi connectivity index (χ1) is 12.7. The van der Waals surface area contributed by atoms with E-state index in [4.69, 9.17) is 4.98 Å². The van der Waals surface area contributed by atoms with Gasteiger partial charge in [0.05, 0.1) is 11.4 Å². The molecule has 1 amide bonds. The molecule has 0 bridgehead atoms. The third kappa shape index (κ3) is 4.20. The van der Waals surface area contributed by atoms with E-state index in [0.29, 0.717) is 0 Å². The van der Waals surface area contributed by atoms with Crippen LogP contribution in [-0.4, -0.2) is 43.6 Å². The molecule has 1 aliphatic heterocycles. The minimum Gasteiger partial charge on any atom is -0.342 e. The fourth-order valence-electron chi connectivity index (χ4n) is 3.74. The van der Waals surface area contributed by atoms with Crippen LogP contribution < -0.4 is 0 Å². The van der Waals surface area contributed by atoms with Crippen molar-refractivity contribution in [1.29, 1.82) is 0 Å². The van der Waals surface area contributed by atoms with Crippen molar-refractivity contribution < 1.29 is 4.79 Å². The first-order valence-electron chi connectivity index (χ1n) is 9.85. The van der Waals surface area contributed by atoms with Crippen molar-refractivity contribution in [2.75, 3.05) is 13.1 Å². The van der Waals surface area contributed by atoms with Gasteiger partial charge in [-0.3, -0.25) is 9.48 Å². The summed E-state index contributed by atoms with van der Waals surface area (Å²) in [7, 11) is 0. The largest absolute Gasteiger partial charge is 0.342 e. The van der Waals surface area contributed by atoms with Crippen LogP contribution in [0.15, 0.2) is 18.3 Å². The molecular formula is C21H31N5O. The summed E-state index contributed by atoms with van der Waals surface area (Å²) >= 11 is 0. The lowest BCUT2D eigenvalue weighted by atomic mass is 9.89. The van der Waals surface area contributed by atoms with Crippen molar-refractivity contribution in [2.45, 2.75) is 66.3 Å². The van der Waals surface area contributed by atoms with Gasteiger partial charge in [0.2, 0.25) is 5.91 Å². The highest BCUT2D eigenvalue weighted by Gasteiger charge is 2.32. The fraction of sp³-hybridized carbons (Fsp3) is 0.619. The third-order valence-electron chi connectivity index (χ3n) is 5.05. The molecule has 1 atom stereocenters. The number of hydrogen-bond donors (Lipinski definition) is 0. The number of aryl methyl sites for hydroxylation is 1. The van der Waals surface area contributed by atoms with Gasteiger partial charge in [0.1, 0.15) is 5.82 Å². The van der Waals surface area contributed by atoms with Gasteiger partial charge in [-0.1, -0.05) is 20.8 Å². The lowest BCUT2D eigenvalue weighted by Gasteiger charge is -2.36. The van der Waals surface area contributed by atoms with E-state index in [0.717, 1.165) is 48.8 Å². The van der Waals surface area contributed by atoms with Crippen molar-refractivity contribution >= 4 is 5.91 Å². The fourth-order valence-corrected chi connectivity index (χ4v) is 3.74. The summed E-state index contributed by atoms with van der Waals surface area (Å²) in [5, 5.41) is 4.43. The molecule has 146 valence electrons. The van der Waals surface area contributed by atoms with E-state index in [1.807, 2.05) is 49.5 Å². The molecule has 0 aromatic carbocycles. The van der Waals surface area contributed by atoms with Crippen LogP contribution in [0.25, 0.3) is 11.4 Å². The maximum atomic E-state index is 12.7. The summed E-state index contributed by atoms with van der Waals surface area (Å²) in [4.78, 5) is 24.1. The molecule has 2 aromatic heterocycles. The smallest absolute Gasteiger partial charge is 0.227 e. The average Bonchev–Trinajstić information content (AvgIpc) is 3.10. The maximum Gasteiger partial charge on any atom is 0.227 e. The van der Waals surface area contributed by atoms with Crippen molar-refractivity contribution in [3.05, 3.63) is 29.8 Å². The number of likely N-dealkylation sites (tertiary alicyclic amines) is 1. The topological polar surface area (TPSA) is 63.9 Å². The Morgan fingerprint density at radius 2 is 2.00 bits per heavy atom. The van der Waals surface area contributed by atoms with E-state index in [1.165, 1.54) is 0 Å². The molecule has 2 aromatic rings. The maximum absolute atomic E-state index is 12.7. The van der Waals surface area contributed by atoms with E-state index in [1.54, 1.807) is 0 Å². The van der Waals surface area contributed by atoms with Crippen molar-refractivity contribution in [3.63, 3.8) is 0 Å². The molecule has 6 heteroatoms. The number of carbonyl (C=O) groups excluding carboxylic acids is 1. The normalized spacial score (nSPS) is 18.2. The molecule has 3 rings (SSSR count). The molecule has 0 unspecified atom stereocenters. The average molecular weight is 370 g/mol. The van der Waals surface area contributed by atoms with Gasteiger partial charge >= 0.3 is 0 Å². The minimum absolute atomic E-state index is 0.219. The SMILES string of the molecule is Cc1nc(-c2ccnn2C(C)C)cc([C@H]2CCCN(C(=O)C(C)(C)C)C2)n1. The van der Waals surface area contributed by atoms with E-state index >= 15 is 0 Å². The van der Waals surface area contributed by atoms with Crippen LogP contribution in [0.4, 0.5) is 0 Å². The lowest BCUT2D eigenvalue weighted by Crippen LogP contribution is -2.44. The Balaban J connectivity index is 1.90. The first kappa shape index (κ1) is 19.5. The molecule has 1 aliphatic rings. The van der Waals surface area contributed by atoms with Gasteiger partial charge in [-0.05, 0) is 45.7 Å². The Hall–Kier alpha value is -2.24. The van der Waals surface area contributed by atoms with Crippen LogP contribution in [0.3, 0.4) is 0 Å². The van der Waals surface area contributed by atoms with Crippen LogP contribution in [0.2, 0.25) is 0 Å². The zero-order chi connectivity index (χ0) is 19.8. The van der Waals surface area contributed by atoms with Crippen molar-refractivity contribution in [3.8, 4) is 11.4 Å². The van der Waals surface area contributed by atoms with Gasteiger partial charge < -0.3 is 4.90 Å². The number of amides is 1. The second kappa shape index (κ2) is 7.41. The van der Waals surface area contributed by atoms with E-state index in [2.05, 4.69) is 30.0 Å². The number of carbonyl (C=O) groups is 1. The highest BCUT2D eigenvalue weighted by molar-refractivity contribution is 5.81. The summed E-state index contributed by atoms with van der Waals surface area (Å²) in [6, 6.07) is 4.35. The number of aromatic nitrogens is 4. The molecular weight excluding hydrogens is 338 g/mol. The zero-order valence-corrected chi connectivity index (χ0v) is 17.4. The van der Waals surface area contributed by atoms with Gasteiger partial charge in [0.25, 0.3) is 0 Å². The number of hydrogen-bond acceptors (Lipinski definition) is 4. The molecule has 0 saturated carbocycles.